The summed E-state index contributed by atoms with van der Waals surface area (Å²) < 4.78 is 6.58. The summed E-state index contributed by atoms with van der Waals surface area (Å²) in [6.07, 6.45) is 2.66. The molecule has 0 aliphatic carbocycles. The Hall–Kier alpha value is -2.59. The minimum atomic E-state index is -0.687. The van der Waals surface area contributed by atoms with Gasteiger partial charge in [0.15, 0.2) is 0 Å². The molecule has 29 heavy (non-hydrogen) atoms. The number of carbonyl (C=O) groups excluding carboxylic acids is 2. The predicted molar refractivity (Wildman–Crippen MR) is 118 cm³/mol. The number of ether oxygens (including phenoxy) is 1. The number of amides is 2. The third-order valence-corrected chi connectivity index (χ3v) is 4.91. The van der Waals surface area contributed by atoms with Crippen molar-refractivity contribution in [1.29, 1.82) is 0 Å². The van der Waals surface area contributed by atoms with Gasteiger partial charge in [-0.15, -0.1) is 0 Å². The number of carbonyl (C=O) groups is 2. The van der Waals surface area contributed by atoms with Crippen LogP contribution < -0.4 is 10.8 Å². The lowest BCUT2D eigenvalue weighted by molar-refractivity contribution is -0.124. The second-order valence-electron chi connectivity index (χ2n) is 6.45. The first-order chi connectivity index (χ1) is 13.9. The van der Waals surface area contributed by atoms with Gasteiger partial charge in [0, 0.05) is 20.9 Å². The van der Waals surface area contributed by atoms with Crippen LogP contribution in [0, 0.1) is 9.49 Å². The van der Waals surface area contributed by atoms with E-state index in [1.54, 1.807) is 48.5 Å². The van der Waals surface area contributed by atoms with Gasteiger partial charge < -0.3 is 9.84 Å². The minimum absolute atomic E-state index is 0.0463. The molecule has 154 valence electrons. The molecule has 0 fully saturated rings. The van der Waals surface area contributed by atoms with Crippen molar-refractivity contribution in [3.8, 4) is 5.75 Å². The van der Waals surface area contributed by atoms with E-state index in [-0.39, 0.29) is 11.7 Å². The van der Waals surface area contributed by atoms with E-state index < -0.39 is 18.1 Å². The van der Waals surface area contributed by atoms with E-state index in [0.717, 1.165) is 3.57 Å². The molecule has 2 aromatic rings. The summed E-state index contributed by atoms with van der Waals surface area (Å²) >= 11 is 2.13. The maximum absolute atomic E-state index is 12.4. The summed E-state index contributed by atoms with van der Waals surface area (Å²) in [5, 5.41) is 21.5. The Morgan fingerprint density at radius 2 is 1.93 bits per heavy atom. The Bertz CT molecular complexity index is 857. The topological polar surface area (TPSA) is 108 Å². The number of halogens is 1. The fourth-order valence-electron chi connectivity index (χ4n) is 2.76. The number of phenolic OH excluding ortho intramolecular Hbond substituents is 1. The van der Waals surface area contributed by atoms with Crippen LogP contribution in [0.1, 0.15) is 31.4 Å². The van der Waals surface area contributed by atoms with Crippen molar-refractivity contribution >= 4 is 40.3 Å². The molecule has 7 nitrogen and oxygen atoms in total. The number of benzene rings is 2. The minimum Gasteiger partial charge on any atom is -0.508 e. The lowest BCUT2D eigenvalue weighted by atomic mass is 9.92. The normalized spacial score (nSPS) is 12.9. The zero-order valence-electron chi connectivity index (χ0n) is 15.8. The van der Waals surface area contributed by atoms with Crippen LogP contribution in [0.25, 0.3) is 0 Å². The Kier molecular flexibility index (Phi) is 8.94. The molecule has 2 atom stereocenters. The van der Waals surface area contributed by atoms with Crippen LogP contribution in [0.2, 0.25) is 0 Å². The van der Waals surface area contributed by atoms with Gasteiger partial charge in [-0.25, -0.2) is 10.3 Å². The Morgan fingerprint density at radius 3 is 2.62 bits per heavy atom. The fraction of sp³-hybridized carbons (Fsp3) is 0.238. The Morgan fingerprint density at radius 1 is 1.21 bits per heavy atom. The smallest absolute Gasteiger partial charge is 0.412 e. The van der Waals surface area contributed by atoms with E-state index in [9.17, 15) is 14.7 Å². The van der Waals surface area contributed by atoms with Crippen LogP contribution in [0.3, 0.4) is 0 Å². The fourth-order valence-corrected chi connectivity index (χ4v) is 3.28. The van der Waals surface area contributed by atoms with Gasteiger partial charge in [0.25, 0.3) is 5.91 Å². The molecule has 2 amide bonds. The van der Waals surface area contributed by atoms with Gasteiger partial charge in [0.05, 0.1) is 0 Å². The third kappa shape index (κ3) is 7.39. The zero-order chi connectivity index (χ0) is 21.2. The molecule has 2 rings (SSSR count). The second-order valence-corrected chi connectivity index (χ2v) is 7.70. The first kappa shape index (κ1) is 22.7. The number of para-hydroxylation sites is 1. The standard InChI is InChI=1S/C21H23IN2O5/c1-14(7-5-6-10-19(26)24-28)20(17-13-15(22)11-12-18(17)25)29-21(27)23-16-8-3-2-4-9-16/h2-4,6,8-14,20,25,28H,5,7H2,1H3,(H,23,27)(H,24,26)/b10-6+/t14-,20-/m1/s1. The van der Waals surface area contributed by atoms with Gasteiger partial charge in [-0.2, -0.15) is 0 Å². The van der Waals surface area contributed by atoms with E-state index in [1.165, 1.54) is 11.6 Å². The number of allylic oxidation sites excluding steroid dienone is 1. The van der Waals surface area contributed by atoms with Crippen LogP contribution in [0.5, 0.6) is 5.75 Å². The molecule has 0 saturated heterocycles. The third-order valence-electron chi connectivity index (χ3n) is 4.24. The van der Waals surface area contributed by atoms with Gasteiger partial charge >= 0.3 is 6.09 Å². The van der Waals surface area contributed by atoms with Crippen molar-refractivity contribution in [3.05, 3.63) is 69.8 Å². The molecule has 0 saturated carbocycles. The average molecular weight is 510 g/mol. The molecule has 8 heteroatoms. The molecule has 0 unspecified atom stereocenters. The van der Waals surface area contributed by atoms with Gasteiger partial charge in [0.2, 0.25) is 0 Å². The quantitative estimate of drug-likeness (QED) is 0.177. The largest absolute Gasteiger partial charge is 0.508 e. The van der Waals surface area contributed by atoms with Gasteiger partial charge in [-0.3, -0.25) is 15.3 Å². The molecule has 0 radical (unpaired) electrons. The van der Waals surface area contributed by atoms with Crippen molar-refractivity contribution in [2.45, 2.75) is 25.9 Å². The van der Waals surface area contributed by atoms with Crippen molar-refractivity contribution in [2.24, 2.45) is 5.92 Å². The highest BCUT2D eigenvalue weighted by Gasteiger charge is 2.26. The van der Waals surface area contributed by atoms with Gasteiger partial charge in [-0.1, -0.05) is 31.2 Å². The number of hydrogen-bond donors (Lipinski definition) is 4. The number of aromatic hydroxyl groups is 1. The molecular weight excluding hydrogens is 487 g/mol. The summed E-state index contributed by atoms with van der Waals surface area (Å²) in [6.45, 7) is 1.90. The number of anilines is 1. The molecule has 4 N–H and O–H groups in total. The summed E-state index contributed by atoms with van der Waals surface area (Å²) in [7, 11) is 0. The number of hydroxylamine groups is 1. The highest BCUT2D eigenvalue weighted by molar-refractivity contribution is 14.1. The lowest BCUT2D eigenvalue weighted by Gasteiger charge is -2.25. The molecular formula is C21H23IN2O5. The monoisotopic (exact) mass is 510 g/mol. The van der Waals surface area contributed by atoms with E-state index >= 15 is 0 Å². The second kappa shape index (κ2) is 11.4. The molecule has 0 bridgehead atoms. The van der Waals surface area contributed by atoms with Crippen molar-refractivity contribution in [3.63, 3.8) is 0 Å². The summed E-state index contributed by atoms with van der Waals surface area (Å²) in [4.78, 5) is 23.5. The lowest BCUT2D eigenvalue weighted by Crippen LogP contribution is -2.22. The number of rotatable bonds is 8. The van der Waals surface area contributed by atoms with E-state index in [0.29, 0.717) is 24.1 Å². The summed E-state index contributed by atoms with van der Waals surface area (Å²) in [5.41, 5.74) is 2.65. The average Bonchev–Trinajstić information content (AvgIpc) is 2.71. The maximum Gasteiger partial charge on any atom is 0.412 e. The molecule has 0 heterocycles. The molecule has 0 aliphatic heterocycles. The van der Waals surface area contributed by atoms with Crippen molar-refractivity contribution < 1.29 is 24.6 Å². The van der Waals surface area contributed by atoms with Crippen LogP contribution in [0.4, 0.5) is 10.5 Å². The van der Waals surface area contributed by atoms with E-state index in [4.69, 9.17) is 9.94 Å². The van der Waals surface area contributed by atoms with Crippen LogP contribution >= 0.6 is 22.6 Å². The number of nitrogens with one attached hydrogen (secondary N) is 2. The molecule has 0 spiro atoms. The van der Waals surface area contributed by atoms with Gasteiger partial charge in [0.1, 0.15) is 11.9 Å². The predicted octanol–water partition coefficient (Wildman–Crippen LogP) is 4.76. The number of phenols is 1. The molecule has 0 aromatic heterocycles. The molecule has 0 aliphatic rings. The first-order valence-electron chi connectivity index (χ1n) is 9.02. The SMILES string of the molecule is C[C@H](CC/C=C/C(=O)NO)[C@@H](OC(=O)Nc1ccccc1)c1cc(I)ccc1O. The van der Waals surface area contributed by atoms with Crippen LogP contribution in [-0.4, -0.2) is 22.3 Å². The van der Waals surface area contributed by atoms with E-state index in [2.05, 4.69) is 27.9 Å². The van der Waals surface area contributed by atoms with Gasteiger partial charge in [-0.05, 0) is 71.7 Å². The Labute approximate surface area is 182 Å². The maximum atomic E-state index is 12.4. The molecule has 2 aromatic carbocycles. The summed E-state index contributed by atoms with van der Waals surface area (Å²) in [5.74, 6) is -0.713. The summed E-state index contributed by atoms with van der Waals surface area (Å²) in [6, 6.07) is 14.1. The zero-order valence-corrected chi connectivity index (χ0v) is 18.0. The number of hydrogen-bond acceptors (Lipinski definition) is 5. The van der Waals surface area contributed by atoms with Crippen LogP contribution in [-0.2, 0) is 9.53 Å². The van der Waals surface area contributed by atoms with Crippen molar-refractivity contribution in [1.82, 2.24) is 5.48 Å². The first-order valence-corrected chi connectivity index (χ1v) is 10.1. The Balaban J connectivity index is 2.14. The highest BCUT2D eigenvalue weighted by atomic mass is 127. The van der Waals surface area contributed by atoms with Crippen molar-refractivity contribution in [2.75, 3.05) is 5.32 Å². The van der Waals surface area contributed by atoms with E-state index in [1.807, 2.05) is 13.0 Å². The van der Waals surface area contributed by atoms with Crippen LogP contribution in [0.15, 0.2) is 60.7 Å². The highest BCUT2D eigenvalue weighted by Crippen LogP contribution is 2.36.